The maximum absolute atomic E-state index is 2.56. The van der Waals surface area contributed by atoms with Gasteiger partial charge in [0, 0.05) is 77.2 Å². The third kappa shape index (κ3) is 7.08. The zero-order valence-corrected chi connectivity index (χ0v) is 45.1. The van der Waals surface area contributed by atoms with Gasteiger partial charge in [-0.1, -0.05) is 180 Å². The first-order valence-corrected chi connectivity index (χ1v) is 26.6. The van der Waals surface area contributed by atoms with Crippen LogP contribution in [0.4, 0.5) is 34.1 Å². The molecule has 13 rings (SSSR count). The normalized spacial score (nSPS) is 13.1. The van der Waals surface area contributed by atoms with E-state index in [9.17, 15) is 0 Å². The van der Waals surface area contributed by atoms with E-state index in [1.54, 1.807) is 0 Å². The van der Waals surface area contributed by atoms with Gasteiger partial charge in [-0.05, 0) is 129 Å². The molecule has 13 aromatic rings. The Bertz CT molecular complexity index is 3890. The Labute approximate surface area is 435 Å². The Hall–Kier alpha value is -7.82. The number of anilines is 6. The zero-order chi connectivity index (χ0) is 51.4. The van der Waals surface area contributed by atoms with Gasteiger partial charge in [-0.15, -0.1) is 0 Å². The van der Waals surface area contributed by atoms with Gasteiger partial charge in [-0.3, -0.25) is 0 Å². The summed E-state index contributed by atoms with van der Waals surface area (Å²) in [5.41, 5.74) is 19.8. The van der Waals surface area contributed by atoms with Gasteiger partial charge in [0.15, 0.2) is 0 Å². The highest BCUT2D eigenvalue weighted by Gasteiger charge is 2.26. The van der Waals surface area contributed by atoms with Crippen LogP contribution in [0.15, 0.2) is 182 Å². The summed E-state index contributed by atoms with van der Waals surface area (Å²) in [6.45, 7) is 27.4. The van der Waals surface area contributed by atoms with Crippen LogP contribution in [0.5, 0.6) is 0 Å². The lowest BCUT2D eigenvalue weighted by Gasteiger charge is -2.28. The molecule has 4 nitrogen and oxygen atoms in total. The van der Waals surface area contributed by atoms with Crippen molar-refractivity contribution in [1.29, 1.82) is 0 Å². The minimum Gasteiger partial charge on any atom is -0.310 e. The average molecular weight is 963 g/mol. The summed E-state index contributed by atoms with van der Waals surface area (Å²) in [4.78, 5) is 4.86. The predicted molar refractivity (Wildman–Crippen MR) is 320 cm³/mol. The summed E-state index contributed by atoms with van der Waals surface area (Å²) < 4.78 is 5.11. The van der Waals surface area contributed by atoms with Crippen molar-refractivity contribution < 1.29 is 0 Å². The number of hydrogen-bond donors (Lipinski definition) is 0. The van der Waals surface area contributed by atoms with Crippen LogP contribution in [-0.2, 0) is 21.7 Å². The Morgan fingerprint density at radius 1 is 0.243 bits per heavy atom. The van der Waals surface area contributed by atoms with Crippen molar-refractivity contribution >= 4 is 110 Å². The highest BCUT2D eigenvalue weighted by molar-refractivity contribution is 6.29. The molecule has 366 valence electrons. The molecule has 0 amide bonds. The van der Waals surface area contributed by atoms with Crippen LogP contribution in [0.1, 0.15) is 105 Å². The first-order chi connectivity index (χ1) is 35.2. The number of nitrogens with zero attached hydrogens (tertiary/aromatic N) is 4. The van der Waals surface area contributed by atoms with Crippen LogP contribution in [-0.4, -0.2) is 8.80 Å². The van der Waals surface area contributed by atoms with Crippen LogP contribution in [0.3, 0.4) is 0 Å². The summed E-state index contributed by atoms with van der Waals surface area (Å²) in [6.07, 6.45) is 0. The summed E-state index contributed by atoms with van der Waals surface area (Å²) in [5.74, 6) is 0. The lowest BCUT2D eigenvalue weighted by atomic mass is 9.86. The summed E-state index contributed by atoms with van der Waals surface area (Å²) >= 11 is 0. The molecule has 0 aliphatic heterocycles. The molecule has 0 N–H and O–H groups in total. The molecule has 9 aromatic carbocycles. The molecule has 0 bridgehead atoms. The van der Waals surface area contributed by atoms with Gasteiger partial charge >= 0.3 is 0 Å². The number of aromatic nitrogens is 2. The molecule has 0 spiro atoms. The molecule has 0 unspecified atom stereocenters. The number of rotatable bonds is 6. The predicted octanol–water partition coefficient (Wildman–Crippen LogP) is 20.1. The molecule has 0 radical (unpaired) electrons. The van der Waals surface area contributed by atoms with E-state index < -0.39 is 0 Å². The Morgan fingerprint density at radius 3 is 0.757 bits per heavy atom. The minimum absolute atomic E-state index is 0.0576. The van der Waals surface area contributed by atoms with Crippen LogP contribution in [0, 0.1) is 0 Å². The topological polar surface area (TPSA) is 15.3 Å². The van der Waals surface area contributed by atoms with Gasteiger partial charge < -0.3 is 18.6 Å². The number of hydrogen-bond acceptors (Lipinski definition) is 2. The largest absolute Gasteiger partial charge is 0.310 e. The minimum atomic E-state index is 0.0576. The molecule has 4 heterocycles. The number of fused-ring (bicyclic) bond motifs is 12. The second-order valence-corrected chi connectivity index (χ2v) is 25.2. The van der Waals surface area contributed by atoms with Crippen molar-refractivity contribution in [2.45, 2.75) is 105 Å². The van der Waals surface area contributed by atoms with Crippen LogP contribution in [0.25, 0.3) is 76.2 Å². The van der Waals surface area contributed by atoms with Gasteiger partial charge in [-0.2, -0.15) is 0 Å². The summed E-state index contributed by atoms with van der Waals surface area (Å²) in [6, 6.07) is 69.7. The first-order valence-electron chi connectivity index (χ1n) is 26.6. The van der Waals surface area contributed by atoms with Crippen LogP contribution in [0.2, 0.25) is 0 Å². The third-order valence-corrected chi connectivity index (χ3v) is 16.2. The van der Waals surface area contributed by atoms with Gasteiger partial charge in [0.1, 0.15) is 0 Å². The van der Waals surface area contributed by atoms with Crippen molar-refractivity contribution in [2.24, 2.45) is 0 Å². The van der Waals surface area contributed by atoms with Crippen molar-refractivity contribution in [3.63, 3.8) is 0 Å². The van der Waals surface area contributed by atoms with E-state index in [1.165, 1.54) is 98.4 Å². The van der Waals surface area contributed by atoms with E-state index in [-0.39, 0.29) is 21.7 Å². The third-order valence-electron chi connectivity index (χ3n) is 16.2. The second kappa shape index (κ2) is 15.8. The second-order valence-electron chi connectivity index (χ2n) is 25.2. The number of benzene rings is 9. The molecule has 74 heavy (non-hydrogen) atoms. The van der Waals surface area contributed by atoms with Gasteiger partial charge in [0.05, 0.1) is 33.1 Å². The van der Waals surface area contributed by atoms with Crippen LogP contribution >= 0.6 is 0 Å². The fourth-order valence-corrected chi connectivity index (χ4v) is 12.0. The molecule has 0 fully saturated rings. The van der Waals surface area contributed by atoms with E-state index in [4.69, 9.17) is 0 Å². The van der Waals surface area contributed by atoms with Gasteiger partial charge in [0.2, 0.25) is 0 Å². The van der Waals surface area contributed by atoms with Crippen molar-refractivity contribution in [3.05, 3.63) is 204 Å². The molecule has 0 aliphatic rings. The van der Waals surface area contributed by atoms with Gasteiger partial charge in [0.25, 0.3) is 0 Å². The zero-order valence-electron chi connectivity index (χ0n) is 45.1. The van der Waals surface area contributed by atoms with Crippen LogP contribution < -0.4 is 9.80 Å². The molecule has 0 saturated carbocycles. The van der Waals surface area contributed by atoms with Crippen molar-refractivity contribution in [2.75, 3.05) is 9.80 Å². The number of para-hydroxylation sites is 2. The molecular formula is C70H66N4. The van der Waals surface area contributed by atoms with Gasteiger partial charge in [-0.25, -0.2) is 0 Å². The summed E-state index contributed by atoms with van der Waals surface area (Å²) in [5, 5.41) is 10.2. The molecule has 0 atom stereocenters. The highest BCUT2D eigenvalue weighted by atomic mass is 15.1. The van der Waals surface area contributed by atoms with Crippen molar-refractivity contribution in [1.82, 2.24) is 8.80 Å². The van der Waals surface area contributed by atoms with E-state index >= 15 is 0 Å². The monoisotopic (exact) mass is 963 g/mol. The molecule has 0 saturated heterocycles. The Balaban J connectivity index is 1.02. The molecular weight excluding hydrogens is 897 g/mol. The molecule has 0 aliphatic carbocycles. The van der Waals surface area contributed by atoms with E-state index in [2.05, 4.69) is 284 Å². The smallest absolute Gasteiger partial charge is 0.0620 e. The van der Waals surface area contributed by atoms with Crippen molar-refractivity contribution in [3.8, 4) is 0 Å². The lowest BCUT2D eigenvalue weighted by Crippen LogP contribution is -2.14. The lowest BCUT2D eigenvalue weighted by molar-refractivity contribution is 0.590. The molecule has 4 aromatic heterocycles. The Kier molecular flexibility index (Phi) is 9.85. The standard InChI is InChI=1S/C70H66N4/c1-67(2,3)43-19-27-47(28-20-43)71(48-29-21-44(22-30-48)68(4,5)6)51-35-37-53-55-15-13-17-57-59-42-64-60(41-63(59)73(65(55)57)61(53)39-51)58-18-14-16-56-54-38-36-52(40-62(54)74(64)66(56)58)72(49-31-23-45(24-32-49)69(7,8)9)50-33-25-46(26-34-50)70(10,11)12/h13-42H,1-12H3. The first kappa shape index (κ1) is 46.0. The quantitative estimate of drug-likeness (QED) is 0.165. The summed E-state index contributed by atoms with van der Waals surface area (Å²) in [7, 11) is 0. The average Bonchev–Trinajstić information content (AvgIpc) is 4.09. The SMILES string of the molecule is CC(C)(C)c1ccc(N(c2ccc(C(C)(C)C)cc2)c2ccc3c4cccc5c6cc7c(cc6n(c3c2)c45)c2cccc3c4ccc(N(c5ccc(C(C)(C)C)cc5)c5ccc(C(C)(C)C)cc5)cc4n7c32)cc1. The van der Waals surface area contributed by atoms with E-state index in [1.807, 2.05) is 0 Å². The van der Waals surface area contributed by atoms with E-state index in [0.717, 1.165) is 34.1 Å². The Morgan fingerprint density at radius 2 is 0.486 bits per heavy atom. The maximum atomic E-state index is 2.56. The fourth-order valence-electron chi connectivity index (χ4n) is 12.0. The highest BCUT2D eigenvalue weighted by Crippen LogP contribution is 2.48. The molecule has 4 heteroatoms. The fraction of sp³-hybridized carbons (Fsp3) is 0.229. The maximum Gasteiger partial charge on any atom is 0.0620 e. The van der Waals surface area contributed by atoms with E-state index in [0.29, 0.717) is 0 Å².